The summed E-state index contributed by atoms with van der Waals surface area (Å²) in [4.78, 5) is 16.6. The number of morpholine rings is 1. The molecule has 0 radical (unpaired) electrons. The number of rotatable bonds is 2. The van der Waals surface area contributed by atoms with E-state index in [2.05, 4.69) is 10.2 Å². The molecule has 1 aliphatic carbocycles. The fourth-order valence-corrected chi connectivity index (χ4v) is 3.74. The van der Waals surface area contributed by atoms with Gasteiger partial charge in [0.05, 0.1) is 30.1 Å². The number of hydrogen-bond donors (Lipinski definition) is 0. The normalized spacial score (nSPS) is 23.8. The summed E-state index contributed by atoms with van der Waals surface area (Å²) in [7, 11) is 0. The number of fused-ring (bicyclic) bond motifs is 1. The largest absolute Gasteiger partial charge is 0.374 e. The van der Waals surface area contributed by atoms with Gasteiger partial charge in [0.2, 0.25) is 0 Å². The van der Waals surface area contributed by atoms with Crippen LogP contribution in [0.25, 0.3) is 5.69 Å². The third-order valence-electron chi connectivity index (χ3n) is 4.96. The summed E-state index contributed by atoms with van der Waals surface area (Å²) < 4.78 is 5.87. The third kappa shape index (κ3) is 2.71. The number of hydrogen-bond acceptors (Lipinski definition) is 4. The number of ether oxygens (including phenoxy) is 1. The van der Waals surface area contributed by atoms with Crippen molar-refractivity contribution in [2.75, 3.05) is 13.2 Å². The van der Waals surface area contributed by atoms with Crippen LogP contribution in [-0.4, -0.2) is 51.1 Å². The van der Waals surface area contributed by atoms with Crippen LogP contribution in [0.5, 0.6) is 0 Å². The SMILES string of the molecule is Cc1nn(-c2ccccc2)nc1C(=O)N1CCO[C@@H]2CCCC[C@@H]21. The zero-order chi connectivity index (χ0) is 16.5. The van der Waals surface area contributed by atoms with Gasteiger partial charge in [-0.3, -0.25) is 4.79 Å². The average Bonchev–Trinajstić information content (AvgIpc) is 3.03. The maximum absolute atomic E-state index is 13.1. The molecule has 2 fully saturated rings. The second kappa shape index (κ2) is 6.36. The van der Waals surface area contributed by atoms with Crippen molar-refractivity contribution in [1.29, 1.82) is 0 Å². The van der Waals surface area contributed by atoms with Crippen molar-refractivity contribution < 1.29 is 9.53 Å². The molecule has 1 aliphatic heterocycles. The lowest BCUT2D eigenvalue weighted by atomic mass is 9.90. The smallest absolute Gasteiger partial charge is 0.276 e. The summed E-state index contributed by atoms with van der Waals surface area (Å²) in [6.45, 7) is 3.09. The van der Waals surface area contributed by atoms with Gasteiger partial charge < -0.3 is 9.64 Å². The van der Waals surface area contributed by atoms with Crippen LogP contribution in [0.2, 0.25) is 0 Å². The monoisotopic (exact) mass is 326 g/mol. The van der Waals surface area contributed by atoms with Crippen molar-refractivity contribution in [3.8, 4) is 5.69 Å². The molecule has 6 nitrogen and oxygen atoms in total. The molecule has 1 saturated heterocycles. The number of benzene rings is 1. The highest BCUT2D eigenvalue weighted by atomic mass is 16.5. The van der Waals surface area contributed by atoms with E-state index in [0.29, 0.717) is 24.5 Å². The molecule has 4 rings (SSSR count). The average molecular weight is 326 g/mol. The van der Waals surface area contributed by atoms with E-state index in [-0.39, 0.29) is 18.1 Å². The Bertz CT molecular complexity index is 726. The van der Waals surface area contributed by atoms with Crippen LogP contribution in [0.3, 0.4) is 0 Å². The van der Waals surface area contributed by atoms with Crippen molar-refractivity contribution in [1.82, 2.24) is 19.9 Å². The number of amides is 1. The molecule has 126 valence electrons. The first-order valence-corrected chi connectivity index (χ1v) is 8.66. The van der Waals surface area contributed by atoms with Crippen LogP contribution < -0.4 is 0 Å². The first kappa shape index (κ1) is 15.3. The summed E-state index contributed by atoms with van der Waals surface area (Å²) in [5, 5.41) is 8.89. The maximum Gasteiger partial charge on any atom is 0.276 e. The van der Waals surface area contributed by atoms with Crippen LogP contribution >= 0.6 is 0 Å². The minimum Gasteiger partial charge on any atom is -0.374 e. The predicted molar refractivity (Wildman–Crippen MR) is 89.1 cm³/mol. The van der Waals surface area contributed by atoms with Crippen LogP contribution in [-0.2, 0) is 4.74 Å². The Hall–Kier alpha value is -2.21. The molecular formula is C18H22N4O2. The fourth-order valence-electron chi connectivity index (χ4n) is 3.74. The van der Waals surface area contributed by atoms with Gasteiger partial charge in [-0.05, 0) is 31.9 Å². The highest BCUT2D eigenvalue weighted by Crippen LogP contribution is 2.29. The van der Waals surface area contributed by atoms with Crippen molar-refractivity contribution in [3.05, 3.63) is 41.7 Å². The zero-order valence-corrected chi connectivity index (χ0v) is 13.9. The first-order chi connectivity index (χ1) is 11.7. The molecular weight excluding hydrogens is 304 g/mol. The second-order valence-electron chi connectivity index (χ2n) is 6.52. The van der Waals surface area contributed by atoms with E-state index in [1.165, 1.54) is 6.42 Å². The van der Waals surface area contributed by atoms with E-state index >= 15 is 0 Å². The van der Waals surface area contributed by atoms with Crippen molar-refractivity contribution in [2.24, 2.45) is 0 Å². The number of carbonyl (C=O) groups excluding carboxylic acids is 1. The van der Waals surface area contributed by atoms with Gasteiger partial charge in [-0.25, -0.2) is 0 Å². The molecule has 1 aromatic heterocycles. The van der Waals surface area contributed by atoms with Crippen LogP contribution in [0, 0.1) is 6.92 Å². The van der Waals surface area contributed by atoms with E-state index < -0.39 is 0 Å². The Kier molecular flexibility index (Phi) is 4.06. The van der Waals surface area contributed by atoms with E-state index in [9.17, 15) is 4.79 Å². The molecule has 1 aromatic carbocycles. The van der Waals surface area contributed by atoms with Gasteiger partial charge in [0, 0.05) is 6.54 Å². The summed E-state index contributed by atoms with van der Waals surface area (Å²) in [6.07, 6.45) is 4.59. The second-order valence-corrected chi connectivity index (χ2v) is 6.52. The molecule has 0 unspecified atom stereocenters. The van der Waals surface area contributed by atoms with E-state index in [1.54, 1.807) is 4.80 Å². The molecule has 1 saturated carbocycles. The van der Waals surface area contributed by atoms with Gasteiger partial charge in [0.1, 0.15) is 0 Å². The van der Waals surface area contributed by atoms with Crippen LogP contribution in [0.4, 0.5) is 0 Å². The summed E-state index contributed by atoms with van der Waals surface area (Å²) in [5.41, 5.74) is 1.98. The zero-order valence-electron chi connectivity index (χ0n) is 13.9. The number of aromatic nitrogens is 3. The van der Waals surface area contributed by atoms with Gasteiger partial charge in [0.15, 0.2) is 5.69 Å². The summed E-state index contributed by atoms with van der Waals surface area (Å²) in [5.74, 6) is -0.0186. The molecule has 0 N–H and O–H groups in total. The van der Waals surface area contributed by atoms with Crippen molar-refractivity contribution in [2.45, 2.75) is 44.8 Å². The number of nitrogens with zero attached hydrogens (tertiary/aromatic N) is 4. The lowest BCUT2D eigenvalue weighted by Gasteiger charge is -2.43. The lowest BCUT2D eigenvalue weighted by Crippen LogP contribution is -2.55. The van der Waals surface area contributed by atoms with Crippen LogP contribution in [0.15, 0.2) is 30.3 Å². The van der Waals surface area contributed by atoms with Crippen LogP contribution in [0.1, 0.15) is 41.9 Å². The highest BCUT2D eigenvalue weighted by molar-refractivity contribution is 5.93. The molecule has 24 heavy (non-hydrogen) atoms. The molecule has 2 atom stereocenters. The van der Waals surface area contributed by atoms with Gasteiger partial charge in [-0.15, -0.1) is 5.10 Å². The highest BCUT2D eigenvalue weighted by Gasteiger charge is 2.38. The number of aryl methyl sites for hydroxylation is 1. The third-order valence-corrected chi connectivity index (χ3v) is 4.96. The van der Waals surface area contributed by atoms with E-state index in [1.807, 2.05) is 42.2 Å². The number of para-hydroxylation sites is 1. The summed E-state index contributed by atoms with van der Waals surface area (Å²) in [6, 6.07) is 9.86. The van der Waals surface area contributed by atoms with E-state index in [4.69, 9.17) is 4.74 Å². The minimum atomic E-state index is -0.0186. The molecule has 0 bridgehead atoms. The maximum atomic E-state index is 13.1. The van der Waals surface area contributed by atoms with E-state index in [0.717, 1.165) is 24.9 Å². The molecule has 6 heteroatoms. The summed E-state index contributed by atoms with van der Waals surface area (Å²) >= 11 is 0. The topological polar surface area (TPSA) is 60.2 Å². The standard InChI is InChI=1S/C18H22N4O2/c1-13-17(20-22(19-13)14-7-3-2-4-8-14)18(23)21-11-12-24-16-10-6-5-9-15(16)21/h2-4,7-8,15-16H,5-6,9-12H2,1H3/t15-,16+/m0/s1. The molecule has 2 aromatic rings. The molecule has 2 heterocycles. The molecule has 2 aliphatic rings. The van der Waals surface area contributed by atoms with Gasteiger partial charge in [0.25, 0.3) is 5.91 Å². The Balaban J connectivity index is 1.61. The Morgan fingerprint density at radius 2 is 1.96 bits per heavy atom. The Labute approximate surface area is 141 Å². The minimum absolute atomic E-state index is 0.0186. The quantitative estimate of drug-likeness (QED) is 0.850. The molecule has 0 spiro atoms. The van der Waals surface area contributed by atoms with Gasteiger partial charge in [-0.1, -0.05) is 31.0 Å². The predicted octanol–water partition coefficient (Wildman–Crippen LogP) is 2.36. The first-order valence-electron chi connectivity index (χ1n) is 8.66. The fraction of sp³-hybridized carbons (Fsp3) is 0.500. The van der Waals surface area contributed by atoms with Gasteiger partial charge in [-0.2, -0.15) is 9.90 Å². The van der Waals surface area contributed by atoms with Crippen molar-refractivity contribution in [3.63, 3.8) is 0 Å². The van der Waals surface area contributed by atoms with Crippen molar-refractivity contribution >= 4 is 5.91 Å². The lowest BCUT2D eigenvalue weighted by molar-refractivity contribution is -0.0754. The number of carbonyl (C=O) groups is 1. The van der Waals surface area contributed by atoms with Gasteiger partial charge >= 0.3 is 0 Å². The Morgan fingerprint density at radius 3 is 2.79 bits per heavy atom. The molecule has 1 amide bonds. The Morgan fingerprint density at radius 1 is 1.17 bits per heavy atom.